The maximum atomic E-state index is 11.2. The van der Waals surface area contributed by atoms with E-state index in [1.54, 1.807) is 0 Å². The van der Waals surface area contributed by atoms with Gasteiger partial charge in [-0.05, 0) is 12.3 Å². The molecular weight excluding hydrogens is 168 g/mol. The summed E-state index contributed by atoms with van der Waals surface area (Å²) >= 11 is 0. The zero-order valence-corrected chi connectivity index (χ0v) is 8.08. The van der Waals surface area contributed by atoms with Crippen LogP contribution in [0.5, 0.6) is 0 Å². The summed E-state index contributed by atoms with van der Waals surface area (Å²) < 4.78 is 5.01. The van der Waals surface area contributed by atoms with E-state index in [0.717, 1.165) is 12.8 Å². The van der Waals surface area contributed by atoms with E-state index in [-0.39, 0.29) is 12.5 Å². The molecule has 13 heavy (non-hydrogen) atoms. The first-order valence-electron chi connectivity index (χ1n) is 4.85. The summed E-state index contributed by atoms with van der Waals surface area (Å²) in [5.41, 5.74) is 5.22. The van der Waals surface area contributed by atoms with E-state index in [9.17, 15) is 4.79 Å². The van der Waals surface area contributed by atoms with Crippen molar-refractivity contribution in [1.29, 1.82) is 0 Å². The third-order valence-corrected chi connectivity index (χ3v) is 2.29. The Morgan fingerprint density at radius 2 is 2.46 bits per heavy atom. The number of carbonyl (C=O) groups is 1. The van der Waals surface area contributed by atoms with Crippen molar-refractivity contribution in [3.05, 3.63) is 0 Å². The largest absolute Gasteiger partial charge is 0.370 e. The van der Waals surface area contributed by atoms with E-state index in [0.29, 0.717) is 25.1 Å². The summed E-state index contributed by atoms with van der Waals surface area (Å²) in [6.07, 6.45) is 2.27. The van der Waals surface area contributed by atoms with E-state index in [2.05, 4.69) is 12.2 Å². The van der Waals surface area contributed by atoms with Crippen LogP contribution in [0.3, 0.4) is 0 Å². The average molecular weight is 186 g/mol. The van der Waals surface area contributed by atoms with Gasteiger partial charge >= 0.3 is 0 Å². The molecule has 0 spiro atoms. The lowest BCUT2D eigenvalue weighted by atomic mass is 10.3. The Labute approximate surface area is 78.8 Å². The number of amides is 1. The number of hydrogen-bond acceptors (Lipinski definition) is 3. The van der Waals surface area contributed by atoms with Gasteiger partial charge in [-0.3, -0.25) is 4.79 Å². The fourth-order valence-corrected chi connectivity index (χ4v) is 1.37. The van der Waals surface area contributed by atoms with Gasteiger partial charge in [-0.25, -0.2) is 0 Å². The minimum Gasteiger partial charge on any atom is -0.370 e. The molecule has 0 aromatic carbocycles. The smallest absolute Gasteiger partial charge is 0.246 e. The fraction of sp³-hybridized carbons (Fsp3) is 0.889. The van der Waals surface area contributed by atoms with Crippen LogP contribution in [-0.4, -0.2) is 31.7 Å². The van der Waals surface area contributed by atoms with Crippen LogP contribution in [0.15, 0.2) is 0 Å². The molecule has 1 saturated carbocycles. The molecule has 2 atom stereocenters. The van der Waals surface area contributed by atoms with E-state index in [4.69, 9.17) is 10.5 Å². The van der Waals surface area contributed by atoms with Crippen LogP contribution in [0.25, 0.3) is 0 Å². The van der Waals surface area contributed by atoms with Gasteiger partial charge in [0.25, 0.3) is 0 Å². The molecule has 2 unspecified atom stereocenters. The lowest BCUT2D eigenvalue weighted by Crippen LogP contribution is -2.31. The molecule has 0 aromatic rings. The highest BCUT2D eigenvalue weighted by Gasteiger charge is 2.36. The Hall–Kier alpha value is -0.610. The summed E-state index contributed by atoms with van der Waals surface area (Å²) in [4.78, 5) is 11.2. The highest BCUT2D eigenvalue weighted by Crippen LogP contribution is 2.32. The molecule has 1 aliphatic carbocycles. The first-order valence-corrected chi connectivity index (χ1v) is 4.85. The van der Waals surface area contributed by atoms with Crippen LogP contribution in [0, 0.1) is 5.92 Å². The molecule has 1 fully saturated rings. The maximum Gasteiger partial charge on any atom is 0.246 e. The quantitative estimate of drug-likeness (QED) is 0.568. The standard InChI is InChI=1S/C9H18N2O2/c1-2-7-5-8(7)11-9(12)6-13-4-3-10/h7-8H,2-6,10H2,1H3,(H,11,12). The van der Waals surface area contributed by atoms with E-state index < -0.39 is 0 Å². The zero-order chi connectivity index (χ0) is 9.68. The van der Waals surface area contributed by atoms with Gasteiger partial charge in [0.15, 0.2) is 0 Å². The van der Waals surface area contributed by atoms with Gasteiger partial charge in [0, 0.05) is 12.6 Å². The lowest BCUT2D eigenvalue weighted by Gasteiger charge is -2.04. The first kappa shape index (κ1) is 10.5. The Morgan fingerprint density at radius 1 is 1.69 bits per heavy atom. The van der Waals surface area contributed by atoms with Crippen LogP contribution >= 0.6 is 0 Å². The molecule has 1 amide bonds. The third-order valence-electron chi connectivity index (χ3n) is 2.29. The Balaban J connectivity index is 1.99. The van der Waals surface area contributed by atoms with Crippen molar-refractivity contribution < 1.29 is 9.53 Å². The van der Waals surface area contributed by atoms with Crippen molar-refractivity contribution in [3.8, 4) is 0 Å². The number of carbonyl (C=O) groups excluding carboxylic acids is 1. The second kappa shape index (κ2) is 5.19. The van der Waals surface area contributed by atoms with Crippen molar-refractivity contribution in [2.45, 2.75) is 25.8 Å². The van der Waals surface area contributed by atoms with Crippen LogP contribution in [0.1, 0.15) is 19.8 Å². The number of hydrogen-bond donors (Lipinski definition) is 2. The van der Waals surface area contributed by atoms with Crippen molar-refractivity contribution in [1.82, 2.24) is 5.32 Å². The van der Waals surface area contributed by atoms with E-state index in [1.165, 1.54) is 0 Å². The second-order valence-electron chi connectivity index (χ2n) is 3.42. The molecule has 3 N–H and O–H groups in total. The van der Waals surface area contributed by atoms with Gasteiger partial charge in [-0.15, -0.1) is 0 Å². The van der Waals surface area contributed by atoms with Crippen molar-refractivity contribution >= 4 is 5.91 Å². The molecule has 4 nitrogen and oxygen atoms in total. The summed E-state index contributed by atoms with van der Waals surface area (Å²) in [5.74, 6) is 0.674. The third kappa shape index (κ3) is 3.74. The number of ether oxygens (including phenoxy) is 1. The predicted octanol–water partition coefficient (Wildman–Crippen LogP) is -0.124. The van der Waals surface area contributed by atoms with Gasteiger partial charge in [0.1, 0.15) is 6.61 Å². The Morgan fingerprint density at radius 3 is 3.00 bits per heavy atom. The molecule has 76 valence electrons. The van der Waals surface area contributed by atoms with Crippen LogP contribution in [0.2, 0.25) is 0 Å². The lowest BCUT2D eigenvalue weighted by molar-refractivity contribution is -0.125. The summed E-state index contributed by atoms with van der Waals surface area (Å²) in [6, 6.07) is 0.402. The molecule has 0 heterocycles. The van der Waals surface area contributed by atoms with E-state index in [1.807, 2.05) is 0 Å². The molecule has 0 radical (unpaired) electrons. The van der Waals surface area contributed by atoms with Gasteiger partial charge < -0.3 is 15.8 Å². The molecule has 1 rings (SSSR count). The Bertz CT molecular complexity index is 173. The highest BCUT2D eigenvalue weighted by molar-refractivity contribution is 5.77. The van der Waals surface area contributed by atoms with Crippen molar-refractivity contribution in [2.24, 2.45) is 11.7 Å². The summed E-state index contributed by atoms with van der Waals surface area (Å²) in [7, 11) is 0. The van der Waals surface area contributed by atoms with Gasteiger partial charge in [-0.1, -0.05) is 13.3 Å². The Kier molecular flexibility index (Phi) is 4.18. The molecule has 1 aliphatic rings. The highest BCUT2D eigenvalue weighted by atomic mass is 16.5. The molecule has 4 heteroatoms. The molecule has 0 aliphatic heterocycles. The maximum absolute atomic E-state index is 11.2. The van der Waals surface area contributed by atoms with Crippen LogP contribution in [-0.2, 0) is 9.53 Å². The van der Waals surface area contributed by atoms with Gasteiger partial charge in [0.05, 0.1) is 6.61 Å². The number of nitrogens with one attached hydrogen (secondary N) is 1. The predicted molar refractivity (Wildman–Crippen MR) is 50.2 cm³/mol. The number of nitrogens with two attached hydrogens (primary N) is 1. The molecule has 0 saturated heterocycles. The monoisotopic (exact) mass is 186 g/mol. The zero-order valence-electron chi connectivity index (χ0n) is 8.08. The normalized spacial score (nSPS) is 25.7. The molecular formula is C9H18N2O2. The first-order chi connectivity index (χ1) is 6.27. The molecule has 0 aromatic heterocycles. The summed E-state index contributed by atoms with van der Waals surface area (Å²) in [6.45, 7) is 3.20. The fourth-order valence-electron chi connectivity index (χ4n) is 1.37. The average Bonchev–Trinajstić information content (AvgIpc) is 2.84. The number of rotatable bonds is 6. The topological polar surface area (TPSA) is 64.3 Å². The minimum absolute atomic E-state index is 0.0191. The minimum atomic E-state index is -0.0191. The van der Waals surface area contributed by atoms with Gasteiger partial charge in [-0.2, -0.15) is 0 Å². The van der Waals surface area contributed by atoms with Crippen molar-refractivity contribution in [3.63, 3.8) is 0 Å². The SMILES string of the molecule is CCC1CC1NC(=O)COCCN. The molecule has 0 bridgehead atoms. The second-order valence-corrected chi connectivity index (χ2v) is 3.42. The van der Waals surface area contributed by atoms with Crippen LogP contribution in [0.4, 0.5) is 0 Å². The summed E-state index contributed by atoms with van der Waals surface area (Å²) in [5, 5.41) is 2.91. The van der Waals surface area contributed by atoms with E-state index >= 15 is 0 Å². The van der Waals surface area contributed by atoms with Crippen LogP contribution < -0.4 is 11.1 Å². The van der Waals surface area contributed by atoms with Gasteiger partial charge in [0.2, 0.25) is 5.91 Å². The van der Waals surface area contributed by atoms with Crippen molar-refractivity contribution in [2.75, 3.05) is 19.8 Å².